The van der Waals surface area contributed by atoms with Crippen LogP contribution in [0.5, 0.6) is 0 Å². The topological polar surface area (TPSA) is 114 Å². The summed E-state index contributed by atoms with van der Waals surface area (Å²) in [5.74, 6) is -0.434. The Morgan fingerprint density at radius 1 is 1.61 bits per heavy atom. The maximum atomic E-state index is 12.0. The number of rotatable bonds is 4. The van der Waals surface area contributed by atoms with Gasteiger partial charge < -0.3 is 15.7 Å². The van der Waals surface area contributed by atoms with Gasteiger partial charge in [0.1, 0.15) is 12.6 Å². The average molecular weight is 271 g/mol. The van der Waals surface area contributed by atoms with Crippen LogP contribution in [0.4, 0.5) is 0 Å². The first-order valence-corrected chi connectivity index (χ1v) is 6.46. The van der Waals surface area contributed by atoms with Crippen molar-refractivity contribution in [2.24, 2.45) is 5.73 Å². The maximum absolute atomic E-state index is 12.0. The summed E-state index contributed by atoms with van der Waals surface area (Å²) in [6.07, 6.45) is 1.58. The Labute approximate surface area is 107 Å². The number of amides is 1. The van der Waals surface area contributed by atoms with Crippen LogP contribution in [0.25, 0.3) is 0 Å². The van der Waals surface area contributed by atoms with Crippen LogP contribution in [0.1, 0.15) is 5.69 Å². The van der Waals surface area contributed by atoms with Crippen molar-refractivity contribution in [3.63, 3.8) is 0 Å². The lowest BCUT2D eigenvalue weighted by molar-refractivity contribution is -0.148. The van der Waals surface area contributed by atoms with Crippen molar-refractivity contribution >= 4 is 23.6 Å². The van der Waals surface area contributed by atoms with Gasteiger partial charge >= 0.3 is 5.97 Å². The lowest BCUT2D eigenvalue weighted by atomic mass is 10.3. The van der Waals surface area contributed by atoms with Gasteiger partial charge in [0.2, 0.25) is 5.91 Å². The molecule has 1 aromatic heterocycles. The highest BCUT2D eigenvalue weighted by Crippen LogP contribution is 2.21. The molecule has 1 atom stereocenters. The Morgan fingerprint density at radius 2 is 2.39 bits per heavy atom. The Balaban J connectivity index is 2.01. The summed E-state index contributed by atoms with van der Waals surface area (Å²) in [5, 5.41) is 16.5. The molecule has 1 amide bonds. The SMILES string of the molecule is NCc1cn(CC(=O)N2CSCC2C(=O)O)nn1. The number of carbonyl (C=O) groups excluding carboxylic acids is 1. The maximum Gasteiger partial charge on any atom is 0.327 e. The molecule has 0 bridgehead atoms. The van der Waals surface area contributed by atoms with Gasteiger partial charge in [-0.15, -0.1) is 16.9 Å². The fraction of sp³-hybridized carbons (Fsp3) is 0.556. The highest BCUT2D eigenvalue weighted by Gasteiger charge is 2.34. The molecule has 1 saturated heterocycles. The highest BCUT2D eigenvalue weighted by molar-refractivity contribution is 7.99. The van der Waals surface area contributed by atoms with Gasteiger partial charge in [-0.2, -0.15) is 0 Å². The minimum absolute atomic E-state index is 0.0165. The van der Waals surface area contributed by atoms with Crippen molar-refractivity contribution in [2.45, 2.75) is 19.1 Å². The normalized spacial score (nSPS) is 19.2. The number of carboxylic acids is 1. The third kappa shape index (κ3) is 2.62. The first kappa shape index (κ1) is 12.8. The number of hydrogen-bond donors (Lipinski definition) is 2. The number of aliphatic carboxylic acids is 1. The molecule has 1 fully saturated rings. The van der Waals surface area contributed by atoms with E-state index in [0.717, 1.165) is 0 Å². The quantitative estimate of drug-likeness (QED) is 0.701. The van der Waals surface area contributed by atoms with E-state index in [9.17, 15) is 9.59 Å². The lowest BCUT2D eigenvalue weighted by Gasteiger charge is -2.20. The number of nitrogens with two attached hydrogens (primary N) is 1. The molecule has 1 unspecified atom stereocenters. The van der Waals surface area contributed by atoms with Gasteiger partial charge in [-0.25, -0.2) is 9.48 Å². The van der Waals surface area contributed by atoms with Crippen LogP contribution in [0.3, 0.4) is 0 Å². The molecule has 0 aromatic carbocycles. The monoisotopic (exact) mass is 271 g/mol. The molecule has 0 spiro atoms. The minimum atomic E-state index is -0.977. The molecule has 8 nitrogen and oxygen atoms in total. The number of hydrogen-bond acceptors (Lipinski definition) is 6. The number of carboxylic acid groups (broad SMARTS) is 1. The van der Waals surface area contributed by atoms with Crippen LogP contribution in [0, 0.1) is 0 Å². The molecule has 0 radical (unpaired) electrons. The molecule has 1 aliphatic rings. The molecule has 2 heterocycles. The molecule has 98 valence electrons. The van der Waals surface area contributed by atoms with Gasteiger partial charge in [-0.3, -0.25) is 4.79 Å². The van der Waals surface area contributed by atoms with Crippen LogP contribution >= 0.6 is 11.8 Å². The van der Waals surface area contributed by atoms with E-state index >= 15 is 0 Å². The number of carbonyl (C=O) groups is 2. The van der Waals surface area contributed by atoms with Gasteiger partial charge in [0.25, 0.3) is 0 Å². The van der Waals surface area contributed by atoms with E-state index in [2.05, 4.69) is 10.3 Å². The Hall–Kier alpha value is -1.61. The van der Waals surface area contributed by atoms with Crippen molar-refractivity contribution in [3.05, 3.63) is 11.9 Å². The van der Waals surface area contributed by atoms with E-state index in [4.69, 9.17) is 10.8 Å². The zero-order valence-electron chi connectivity index (χ0n) is 9.52. The van der Waals surface area contributed by atoms with Crippen molar-refractivity contribution in [1.82, 2.24) is 19.9 Å². The lowest BCUT2D eigenvalue weighted by Crippen LogP contribution is -2.43. The molecule has 0 aliphatic carbocycles. The predicted octanol–water partition coefficient (Wildman–Crippen LogP) is -1.28. The molecule has 0 saturated carbocycles. The van der Waals surface area contributed by atoms with Gasteiger partial charge in [0, 0.05) is 12.3 Å². The number of aromatic nitrogens is 3. The van der Waals surface area contributed by atoms with Crippen LogP contribution in [-0.4, -0.2) is 54.5 Å². The summed E-state index contributed by atoms with van der Waals surface area (Å²) in [7, 11) is 0. The van der Waals surface area contributed by atoms with E-state index in [0.29, 0.717) is 17.3 Å². The summed E-state index contributed by atoms with van der Waals surface area (Å²) in [5.41, 5.74) is 5.98. The van der Waals surface area contributed by atoms with Crippen LogP contribution in [0.15, 0.2) is 6.20 Å². The fourth-order valence-electron chi connectivity index (χ4n) is 1.63. The second-order valence-electron chi connectivity index (χ2n) is 3.83. The first-order valence-electron chi connectivity index (χ1n) is 5.31. The zero-order chi connectivity index (χ0) is 13.1. The Kier molecular flexibility index (Phi) is 3.82. The van der Waals surface area contributed by atoms with E-state index in [1.807, 2.05) is 0 Å². The standard InChI is InChI=1S/C9H13N5O3S/c10-1-6-2-13(12-11-6)3-8(15)14-5-18-4-7(14)9(16)17/h2,7H,1,3-5,10H2,(H,16,17). The molecule has 3 N–H and O–H groups in total. The summed E-state index contributed by atoms with van der Waals surface area (Å²) in [6.45, 7) is 0.239. The van der Waals surface area contributed by atoms with Crippen molar-refractivity contribution in [1.29, 1.82) is 0 Å². The van der Waals surface area contributed by atoms with Gasteiger partial charge in [-0.1, -0.05) is 5.21 Å². The van der Waals surface area contributed by atoms with Crippen LogP contribution < -0.4 is 5.73 Å². The van der Waals surface area contributed by atoms with E-state index in [-0.39, 0.29) is 19.0 Å². The average Bonchev–Trinajstić information content (AvgIpc) is 2.96. The molecule has 1 aromatic rings. The summed E-state index contributed by atoms with van der Waals surface area (Å²) < 4.78 is 1.37. The van der Waals surface area contributed by atoms with E-state index in [1.54, 1.807) is 6.20 Å². The van der Waals surface area contributed by atoms with Crippen LogP contribution in [-0.2, 0) is 22.7 Å². The zero-order valence-corrected chi connectivity index (χ0v) is 10.3. The number of nitrogens with zero attached hydrogens (tertiary/aromatic N) is 4. The summed E-state index contributed by atoms with van der Waals surface area (Å²) >= 11 is 1.43. The second kappa shape index (κ2) is 5.36. The van der Waals surface area contributed by atoms with Crippen molar-refractivity contribution < 1.29 is 14.7 Å². The Morgan fingerprint density at radius 3 is 3.00 bits per heavy atom. The third-order valence-corrected chi connectivity index (χ3v) is 3.59. The largest absolute Gasteiger partial charge is 0.480 e. The molecule has 9 heteroatoms. The minimum Gasteiger partial charge on any atom is -0.480 e. The van der Waals surface area contributed by atoms with Gasteiger partial charge in [0.15, 0.2) is 0 Å². The van der Waals surface area contributed by atoms with Crippen molar-refractivity contribution in [2.75, 3.05) is 11.6 Å². The highest BCUT2D eigenvalue weighted by atomic mass is 32.2. The number of thioether (sulfide) groups is 1. The Bertz CT molecular complexity index is 463. The molecule has 18 heavy (non-hydrogen) atoms. The summed E-state index contributed by atoms with van der Waals surface area (Å²) in [6, 6.07) is -0.750. The smallest absolute Gasteiger partial charge is 0.327 e. The van der Waals surface area contributed by atoms with Gasteiger partial charge in [0.05, 0.1) is 17.8 Å². The molecule has 2 rings (SSSR count). The predicted molar refractivity (Wildman–Crippen MR) is 63.5 cm³/mol. The second-order valence-corrected chi connectivity index (χ2v) is 4.83. The fourth-order valence-corrected chi connectivity index (χ4v) is 2.80. The molecule has 1 aliphatic heterocycles. The van der Waals surface area contributed by atoms with E-state index in [1.165, 1.54) is 21.3 Å². The van der Waals surface area contributed by atoms with Crippen molar-refractivity contribution in [3.8, 4) is 0 Å². The first-order chi connectivity index (χ1) is 8.61. The van der Waals surface area contributed by atoms with Gasteiger partial charge in [-0.05, 0) is 0 Å². The molecular weight excluding hydrogens is 258 g/mol. The van der Waals surface area contributed by atoms with Crippen LogP contribution in [0.2, 0.25) is 0 Å². The third-order valence-electron chi connectivity index (χ3n) is 2.58. The molecular formula is C9H13N5O3S. The summed E-state index contributed by atoms with van der Waals surface area (Å²) in [4.78, 5) is 24.3. The van der Waals surface area contributed by atoms with E-state index < -0.39 is 12.0 Å².